The lowest BCUT2D eigenvalue weighted by molar-refractivity contribution is -0.117. The largest absolute Gasteiger partial charge is 0.493 e. The molecule has 0 saturated carbocycles. The standard InChI is InChI=1S/C12H16N2O2/c13-12(15)5-6-14-7-9-8-16-11-4-2-1-3-10(9)11/h1-4,9,14H,5-8H2,(H2,13,15). The van der Waals surface area contributed by atoms with Crippen LogP contribution >= 0.6 is 0 Å². The maximum Gasteiger partial charge on any atom is 0.218 e. The van der Waals surface area contributed by atoms with Gasteiger partial charge in [0, 0.05) is 31.0 Å². The molecule has 3 N–H and O–H groups in total. The number of para-hydroxylation sites is 1. The molecule has 86 valence electrons. The number of hydrogen-bond acceptors (Lipinski definition) is 3. The average Bonchev–Trinajstić information content (AvgIpc) is 2.68. The molecule has 0 fully saturated rings. The first-order chi connectivity index (χ1) is 7.77. The van der Waals surface area contributed by atoms with Gasteiger partial charge in [0.2, 0.25) is 5.91 Å². The average molecular weight is 220 g/mol. The van der Waals surface area contributed by atoms with Crippen LogP contribution in [-0.4, -0.2) is 25.6 Å². The van der Waals surface area contributed by atoms with Crippen LogP contribution in [0, 0.1) is 0 Å². The van der Waals surface area contributed by atoms with Crippen molar-refractivity contribution in [2.75, 3.05) is 19.7 Å². The number of benzene rings is 1. The molecule has 0 spiro atoms. The Balaban J connectivity index is 1.82. The number of nitrogens with one attached hydrogen (secondary N) is 1. The lowest BCUT2D eigenvalue weighted by Gasteiger charge is -2.09. The monoisotopic (exact) mass is 220 g/mol. The molecule has 4 heteroatoms. The summed E-state index contributed by atoms with van der Waals surface area (Å²) in [5.74, 6) is 1.09. The number of primary amides is 1. The zero-order valence-corrected chi connectivity index (χ0v) is 9.11. The van der Waals surface area contributed by atoms with Crippen molar-refractivity contribution in [1.82, 2.24) is 5.32 Å². The second-order valence-corrected chi connectivity index (χ2v) is 3.97. The zero-order chi connectivity index (χ0) is 11.4. The van der Waals surface area contributed by atoms with E-state index in [1.807, 2.05) is 18.2 Å². The first kappa shape index (κ1) is 11.0. The van der Waals surface area contributed by atoms with Crippen LogP contribution in [0.5, 0.6) is 5.75 Å². The van der Waals surface area contributed by atoms with Gasteiger partial charge in [-0.1, -0.05) is 18.2 Å². The van der Waals surface area contributed by atoms with E-state index >= 15 is 0 Å². The maximum absolute atomic E-state index is 10.6. The molecular weight excluding hydrogens is 204 g/mol. The molecule has 0 radical (unpaired) electrons. The van der Waals surface area contributed by atoms with Gasteiger partial charge in [-0.15, -0.1) is 0 Å². The first-order valence-electron chi connectivity index (χ1n) is 5.48. The zero-order valence-electron chi connectivity index (χ0n) is 9.11. The van der Waals surface area contributed by atoms with Gasteiger partial charge in [-0.2, -0.15) is 0 Å². The van der Waals surface area contributed by atoms with Gasteiger partial charge < -0.3 is 15.8 Å². The molecule has 1 unspecified atom stereocenters. The van der Waals surface area contributed by atoms with Gasteiger partial charge >= 0.3 is 0 Å². The molecule has 1 aliphatic heterocycles. The molecule has 1 heterocycles. The minimum absolute atomic E-state index is 0.268. The van der Waals surface area contributed by atoms with E-state index in [0.29, 0.717) is 25.5 Å². The fourth-order valence-electron chi connectivity index (χ4n) is 1.89. The number of rotatable bonds is 5. The summed E-state index contributed by atoms with van der Waals surface area (Å²) in [5, 5.41) is 3.22. The van der Waals surface area contributed by atoms with E-state index in [-0.39, 0.29) is 5.91 Å². The van der Waals surface area contributed by atoms with Gasteiger partial charge in [0.05, 0.1) is 6.61 Å². The topological polar surface area (TPSA) is 64.4 Å². The van der Waals surface area contributed by atoms with Crippen LogP contribution < -0.4 is 15.8 Å². The highest BCUT2D eigenvalue weighted by atomic mass is 16.5. The SMILES string of the molecule is NC(=O)CCNCC1COc2ccccc21. The minimum atomic E-state index is -0.268. The molecule has 0 saturated heterocycles. The number of hydrogen-bond donors (Lipinski definition) is 2. The van der Waals surface area contributed by atoms with E-state index in [9.17, 15) is 4.79 Å². The summed E-state index contributed by atoms with van der Waals surface area (Å²) in [6.45, 7) is 2.17. The van der Waals surface area contributed by atoms with Crippen molar-refractivity contribution in [3.63, 3.8) is 0 Å². The van der Waals surface area contributed by atoms with E-state index < -0.39 is 0 Å². The maximum atomic E-state index is 10.6. The van der Waals surface area contributed by atoms with E-state index in [2.05, 4.69) is 11.4 Å². The van der Waals surface area contributed by atoms with E-state index in [1.165, 1.54) is 5.56 Å². The highest BCUT2D eigenvalue weighted by molar-refractivity contribution is 5.73. The lowest BCUT2D eigenvalue weighted by Crippen LogP contribution is -2.26. The molecule has 2 rings (SSSR count). The molecule has 1 aromatic rings. The number of fused-ring (bicyclic) bond motifs is 1. The number of ether oxygens (including phenoxy) is 1. The molecule has 1 aliphatic rings. The predicted molar refractivity (Wildman–Crippen MR) is 61.4 cm³/mol. The Morgan fingerprint density at radius 2 is 2.31 bits per heavy atom. The highest BCUT2D eigenvalue weighted by Gasteiger charge is 2.22. The molecule has 0 bridgehead atoms. The highest BCUT2D eigenvalue weighted by Crippen LogP contribution is 2.32. The molecule has 0 aliphatic carbocycles. The van der Waals surface area contributed by atoms with Crippen molar-refractivity contribution >= 4 is 5.91 Å². The van der Waals surface area contributed by atoms with Gasteiger partial charge in [-0.3, -0.25) is 4.79 Å². The second-order valence-electron chi connectivity index (χ2n) is 3.97. The van der Waals surface area contributed by atoms with Crippen LogP contribution in [-0.2, 0) is 4.79 Å². The summed E-state index contributed by atoms with van der Waals surface area (Å²) >= 11 is 0. The van der Waals surface area contributed by atoms with Crippen molar-refractivity contribution in [3.8, 4) is 5.75 Å². The summed E-state index contributed by atoms with van der Waals surface area (Å²) in [6.07, 6.45) is 0.384. The van der Waals surface area contributed by atoms with Crippen LogP contribution in [0.3, 0.4) is 0 Å². The molecule has 4 nitrogen and oxygen atoms in total. The van der Waals surface area contributed by atoms with Gasteiger partial charge in [0.1, 0.15) is 5.75 Å². The number of amides is 1. The predicted octanol–water partition coefficient (Wildman–Crippen LogP) is 0.628. The van der Waals surface area contributed by atoms with Crippen molar-refractivity contribution in [1.29, 1.82) is 0 Å². The normalized spacial score (nSPS) is 17.9. The molecule has 1 aromatic carbocycles. The third-order valence-electron chi connectivity index (χ3n) is 2.74. The smallest absolute Gasteiger partial charge is 0.218 e. The fourth-order valence-corrected chi connectivity index (χ4v) is 1.89. The van der Waals surface area contributed by atoms with Crippen LogP contribution in [0.1, 0.15) is 17.9 Å². The summed E-state index contributed by atoms with van der Waals surface area (Å²) in [6, 6.07) is 8.06. The van der Waals surface area contributed by atoms with Gasteiger partial charge in [0.25, 0.3) is 0 Å². The molecule has 1 amide bonds. The molecule has 1 atom stereocenters. The van der Waals surface area contributed by atoms with Crippen molar-refractivity contribution < 1.29 is 9.53 Å². The number of carbonyl (C=O) groups excluding carboxylic acids is 1. The third-order valence-corrected chi connectivity index (χ3v) is 2.74. The minimum Gasteiger partial charge on any atom is -0.493 e. The number of nitrogens with two attached hydrogens (primary N) is 1. The summed E-state index contributed by atoms with van der Waals surface area (Å²) < 4.78 is 5.56. The fraction of sp³-hybridized carbons (Fsp3) is 0.417. The quantitative estimate of drug-likeness (QED) is 0.715. The Morgan fingerprint density at radius 1 is 1.50 bits per heavy atom. The third kappa shape index (κ3) is 2.52. The van der Waals surface area contributed by atoms with Gasteiger partial charge in [-0.05, 0) is 6.07 Å². The van der Waals surface area contributed by atoms with E-state index in [0.717, 1.165) is 12.3 Å². The van der Waals surface area contributed by atoms with Crippen LogP contribution in [0.15, 0.2) is 24.3 Å². The number of carbonyl (C=O) groups is 1. The Kier molecular flexibility index (Phi) is 3.41. The van der Waals surface area contributed by atoms with Crippen LogP contribution in [0.4, 0.5) is 0 Å². The first-order valence-corrected chi connectivity index (χ1v) is 5.48. The van der Waals surface area contributed by atoms with E-state index in [4.69, 9.17) is 10.5 Å². The Bertz CT molecular complexity index is 379. The van der Waals surface area contributed by atoms with E-state index in [1.54, 1.807) is 0 Å². The van der Waals surface area contributed by atoms with Crippen LogP contribution in [0.25, 0.3) is 0 Å². The lowest BCUT2D eigenvalue weighted by atomic mass is 10.0. The van der Waals surface area contributed by atoms with Gasteiger partial charge in [0.15, 0.2) is 0 Å². The summed E-state index contributed by atoms with van der Waals surface area (Å²) in [5.41, 5.74) is 6.30. The molecule has 0 aromatic heterocycles. The van der Waals surface area contributed by atoms with Gasteiger partial charge in [-0.25, -0.2) is 0 Å². The Labute approximate surface area is 94.8 Å². The van der Waals surface area contributed by atoms with Crippen LogP contribution in [0.2, 0.25) is 0 Å². The summed E-state index contributed by atoms with van der Waals surface area (Å²) in [7, 11) is 0. The molecular formula is C12H16N2O2. The second kappa shape index (κ2) is 4.99. The molecule has 16 heavy (non-hydrogen) atoms. The Hall–Kier alpha value is -1.55. The van der Waals surface area contributed by atoms with Crippen molar-refractivity contribution in [2.24, 2.45) is 5.73 Å². The van der Waals surface area contributed by atoms with Crippen molar-refractivity contribution in [2.45, 2.75) is 12.3 Å². The summed E-state index contributed by atoms with van der Waals surface area (Å²) in [4.78, 5) is 10.6. The van der Waals surface area contributed by atoms with Crippen molar-refractivity contribution in [3.05, 3.63) is 29.8 Å². The Morgan fingerprint density at radius 3 is 3.12 bits per heavy atom.